The number of aromatic amines is 1. The first-order valence-electron chi connectivity index (χ1n) is 7.08. The lowest BCUT2D eigenvalue weighted by Gasteiger charge is -1.99. The lowest BCUT2D eigenvalue weighted by molar-refractivity contribution is 0.602. The van der Waals surface area contributed by atoms with Crippen molar-refractivity contribution in [3.05, 3.63) is 51.3 Å². The van der Waals surface area contributed by atoms with Crippen LogP contribution in [0, 0.1) is 0 Å². The number of rotatable bonds is 1. The number of sulfone groups is 1. The summed E-state index contributed by atoms with van der Waals surface area (Å²) < 4.78 is 25.7. The van der Waals surface area contributed by atoms with E-state index in [-0.39, 0.29) is 27.6 Å². The minimum Gasteiger partial charge on any atom is -0.291 e. The van der Waals surface area contributed by atoms with E-state index in [0.29, 0.717) is 10.6 Å². The number of hydrogen-bond acceptors (Lipinski definition) is 5. The summed E-state index contributed by atoms with van der Waals surface area (Å²) >= 11 is 3.00. The van der Waals surface area contributed by atoms with E-state index in [1.54, 1.807) is 0 Å². The topological polar surface area (TPSA) is 71.9 Å². The minimum absolute atomic E-state index is 0.0406. The molecule has 0 unspecified atom stereocenters. The number of fused-ring (bicyclic) bond motifs is 1. The molecule has 120 valence electrons. The molecular weight excluding hydrogens is 352 g/mol. The van der Waals surface area contributed by atoms with Gasteiger partial charge in [-0.05, 0) is 12.1 Å². The Morgan fingerprint density at radius 2 is 1.74 bits per heavy atom. The van der Waals surface area contributed by atoms with Crippen LogP contribution in [-0.4, -0.2) is 40.2 Å². The van der Waals surface area contributed by atoms with E-state index in [4.69, 9.17) is 0 Å². The molecule has 2 atom stereocenters. The van der Waals surface area contributed by atoms with Crippen molar-refractivity contribution in [2.24, 2.45) is 0 Å². The van der Waals surface area contributed by atoms with Crippen LogP contribution in [0.5, 0.6) is 0 Å². The van der Waals surface area contributed by atoms with Crippen LogP contribution in [0.4, 0.5) is 0 Å². The highest BCUT2D eigenvalue weighted by Crippen LogP contribution is 2.50. The Balaban J connectivity index is 1.82. The van der Waals surface area contributed by atoms with Crippen LogP contribution in [0.2, 0.25) is 0 Å². The van der Waals surface area contributed by atoms with Crippen molar-refractivity contribution in [3.63, 3.8) is 0 Å². The fraction of sp³-hybridized carbons (Fsp3) is 0.267. The summed E-state index contributed by atoms with van der Waals surface area (Å²) in [6.07, 6.45) is 0. The summed E-state index contributed by atoms with van der Waals surface area (Å²) in [7, 11) is -2.93. The first-order valence-corrected chi connectivity index (χ1v) is 10.7. The molecule has 8 heteroatoms. The predicted molar refractivity (Wildman–Crippen MR) is 96.0 cm³/mol. The van der Waals surface area contributed by atoms with Gasteiger partial charge in [0.2, 0.25) is 0 Å². The zero-order valence-corrected chi connectivity index (χ0v) is 14.5. The molecule has 5 nitrogen and oxygen atoms in total. The van der Waals surface area contributed by atoms with Gasteiger partial charge in [0.05, 0.1) is 32.0 Å². The van der Waals surface area contributed by atoms with Crippen LogP contribution in [0.15, 0.2) is 35.1 Å². The zero-order chi connectivity index (χ0) is 16.2. The SMILES string of the molecule is C=c1[nH]n(-c2ccccc2)c(=O)c1=C1S[C@@H]2CS(=O)(=O)C[C@H]2S1. The Morgan fingerprint density at radius 3 is 2.35 bits per heavy atom. The Bertz CT molecular complexity index is 1020. The molecule has 2 saturated heterocycles. The van der Waals surface area contributed by atoms with E-state index in [0.717, 1.165) is 9.92 Å². The molecule has 2 aliphatic heterocycles. The van der Waals surface area contributed by atoms with Gasteiger partial charge in [0, 0.05) is 10.5 Å². The average molecular weight is 366 g/mol. The van der Waals surface area contributed by atoms with Gasteiger partial charge in [-0.3, -0.25) is 9.89 Å². The van der Waals surface area contributed by atoms with Gasteiger partial charge in [-0.2, -0.15) is 0 Å². The van der Waals surface area contributed by atoms with Crippen LogP contribution in [0.3, 0.4) is 0 Å². The number of hydrogen-bond donors (Lipinski definition) is 1. The first kappa shape index (κ1) is 15.2. The number of nitrogens with zero attached hydrogens (tertiary/aromatic N) is 1. The summed E-state index contributed by atoms with van der Waals surface area (Å²) in [5.74, 6) is 0.394. The van der Waals surface area contributed by atoms with E-state index >= 15 is 0 Å². The molecule has 0 spiro atoms. The number of aromatic nitrogens is 2. The molecule has 0 saturated carbocycles. The average Bonchev–Trinajstić information content (AvgIpc) is 3.08. The van der Waals surface area contributed by atoms with Gasteiger partial charge in [-0.25, -0.2) is 13.1 Å². The molecule has 3 heterocycles. The highest BCUT2D eigenvalue weighted by Gasteiger charge is 2.44. The molecule has 2 aromatic rings. The van der Waals surface area contributed by atoms with E-state index in [9.17, 15) is 13.2 Å². The van der Waals surface area contributed by atoms with Crippen molar-refractivity contribution in [2.45, 2.75) is 10.5 Å². The number of para-hydroxylation sites is 1. The minimum atomic E-state index is -2.93. The van der Waals surface area contributed by atoms with Crippen molar-refractivity contribution in [1.29, 1.82) is 0 Å². The van der Waals surface area contributed by atoms with E-state index < -0.39 is 9.84 Å². The van der Waals surface area contributed by atoms with Gasteiger partial charge in [0.15, 0.2) is 9.84 Å². The second-order valence-corrected chi connectivity index (χ2v) is 10.5. The molecule has 0 radical (unpaired) electrons. The van der Waals surface area contributed by atoms with Crippen molar-refractivity contribution in [1.82, 2.24) is 9.78 Å². The second kappa shape index (κ2) is 5.32. The maximum absolute atomic E-state index is 12.8. The highest BCUT2D eigenvalue weighted by atomic mass is 32.2. The monoisotopic (exact) mass is 366 g/mol. The third kappa shape index (κ3) is 2.58. The Morgan fingerprint density at radius 1 is 1.13 bits per heavy atom. The number of nitrogens with one attached hydrogen (secondary N) is 1. The summed E-state index contributed by atoms with van der Waals surface area (Å²) in [4.78, 5) is 12.8. The fourth-order valence-electron chi connectivity index (χ4n) is 2.88. The lowest BCUT2D eigenvalue weighted by atomic mass is 10.3. The van der Waals surface area contributed by atoms with Crippen LogP contribution < -0.4 is 16.1 Å². The van der Waals surface area contributed by atoms with Crippen molar-refractivity contribution in [3.8, 4) is 5.69 Å². The smallest absolute Gasteiger partial charge is 0.280 e. The van der Waals surface area contributed by atoms with Crippen molar-refractivity contribution in [2.75, 3.05) is 11.5 Å². The molecule has 1 N–H and O–H groups in total. The first-order chi connectivity index (χ1) is 10.9. The Hall–Kier alpha value is -1.38. The van der Waals surface area contributed by atoms with E-state index in [1.165, 1.54) is 28.2 Å². The summed E-state index contributed by atoms with van der Waals surface area (Å²) in [6, 6.07) is 9.33. The van der Waals surface area contributed by atoms with Crippen LogP contribution >= 0.6 is 23.5 Å². The Kier molecular flexibility index (Phi) is 3.51. The third-order valence-corrected chi connectivity index (χ3v) is 9.29. The largest absolute Gasteiger partial charge is 0.291 e. The normalized spacial score (nSPS) is 25.7. The fourth-order valence-corrected chi connectivity index (χ4v) is 9.51. The zero-order valence-electron chi connectivity index (χ0n) is 12.1. The van der Waals surface area contributed by atoms with Gasteiger partial charge < -0.3 is 0 Å². The summed E-state index contributed by atoms with van der Waals surface area (Å²) in [6.45, 7) is 3.95. The molecule has 0 aliphatic carbocycles. The lowest BCUT2D eigenvalue weighted by Crippen LogP contribution is -2.35. The quantitative estimate of drug-likeness (QED) is 0.785. The predicted octanol–water partition coefficient (Wildman–Crippen LogP) is 0.287. The van der Waals surface area contributed by atoms with Gasteiger partial charge >= 0.3 is 0 Å². The van der Waals surface area contributed by atoms with Crippen LogP contribution in [0.1, 0.15) is 0 Å². The second-order valence-electron chi connectivity index (χ2n) is 5.62. The molecule has 23 heavy (non-hydrogen) atoms. The number of benzene rings is 1. The molecule has 4 rings (SSSR count). The van der Waals surface area contributed by atoms with Crippen molar-refractivity contribution >= 4 is 44.2 Å². The van der Waals surface area contributed by atoms with Gasteiger partial charge in [-0.1, -0.05) is 24.8 Å². The number of H-pyrrole nitrogens is 1. The standard InChI is InChI=1S/C15H14N2O3S3/c1-9-13(14(18)17(16-9)10-5-3-2-4-6-10)15-21-11-7-23(19,20)8-12(11)22-15/h2-6,11-12,16H,1,7-8H2/t11-,12-/m1/s1. The molecule has 1 aromatic heterocycles. The molecule has 2 fully saturated rings. The van der Waals surface area contributed by atoms with Gasteiger partial charge in [0.25, 0.3) is 5.56 Å². The van der Waals surface area contributed by atoms with Gasteiger partial charge in [-0.15, -0.1) is 23.5 Å². The summed E-state index contributed by atoms with van der Waals surface area (Å²) in [5.41, 5.74) is 0.615. The maximum atomic E-state index is 12.8. The number of thioether (sulfide) groups is 2. The molecule has 2 aliphatic rings. The highest BCUT2D eigenvalue weighted by molar-refractivity contribution is 8.34. The molecule has 0 bridgehead atoms. The van der Waals surface area contributed by atoms with Crippen LogP contribution in [-0.2, 0) is 9.84 Å². The molecule has 0 amide bonds. The van der Waals surface area contributed by atoms with Crippen LogP contribution in [0.25, 0.3) is 16.5 Å². The molecule has 1 aromatic carbocycles. The Labute approximate surface area is 141 Å². The molecular formula is C15H14N2O3S3. The van der Waals surface area contributed by atoms with E-state index in [2.05, 4.69) is 11.7 Å². The maximum Gasteiger partial charge on any atom is 0.280 e. The third-order valence-electron chi connectivity index (χ3n) is 3.95. The van der Waals surface area contributed by atoms with Crippen molar-refractivity contribution < 1.29 is 8.42 Å². The summed E-state index contributed by atoms with van der Waals surface area (Å²) in [5, 5.41) is 4.23. The van der Waals surface area contributed by atoms with Gasteiger partial charge in [0.1, 0.15) is 0 Å². The van der Waals surface area contributed by atoms with E-state index in [1.807, 2.05) is 30.3 Å².